The number of thiocarbonyl (C=S) groups is 1. The summed E-state index contributed by atoms with van der Waals surface area (Å²) < 4.78 is 0. The van der Waals surface area contributed by atoms with Crippen molar-refractivity contribution in [2.24, 2.45) is 0 Å². The van der Waals surface area contributed by atoms with E-state index >= 15 is 0 Å². The molecule has 0 aromatic heterocycles. The summed E-state index contributed by atoms with van der Waals surface area (Å²) in [5, 5.41) is 6.02. The summed E-state index contributed by atoms with van der Waals surface area (Å²) in [6.07, 6.45) is 14.2. The largest absolute Gasteiger partial charge is 0.332 e. The third kappa shape index (κ3) is 10.9. The highest BCUT2D eigenvalue weighted by Gasteiger charge is 2.19. The van der Waals surface area contributed by atoms with E-state index in [1.165, 1.54) is 57.8 Å². The summed E-state index contributed by atoms with van der Waals surface area (Å²) in [6, 6.07) is 16.8. The molecular formula is C30H43N3O2S. The highest BCUT2D eigenvalue weighted by atomic mass is 32.1. The quantitative estimate of drug-likeness (QED) is 0.179. The van der Waals surface area contributed by atoms with Crippen molar-refractivity contribution in [2.45, 2.75) is 90.9 Å². The lowest BCUT2D eigenvalue weighted by molar-refractivity contribution is -0.119. The summed E-state index contributed by atoms with van der Waals surface area (Å²) in [7, 11) is 0. The molecule has 0 atom stereocenters. The first-order chi connectivity index (χ1) is 17.6. The number of anilines is 2. The molecule has 2 amide bonds. The van der Waals surface area contributed by atoms with E-state index in [4.69, 9.17) is 12.2 Å². The molecule has 0 heterocycles. The molecule has 0 aliphatic carbocycles. The highest BCUT2D eigenvalue weighted by Crippen LogP contribution is 2.22. The number of rotatable bonds is 16. The van der Waals surface area contributed by atoms with Gasteiger partial charge in [0, 0.05) is 18.7 Å². The van der Waals surface area contributed by atoms with Crippen LogP contribution in [-0.2, 0) is 4.79 Å². The van der Waals surface area contributed by atoms with E-state index < -0.39 is 0 Å². The van der Waals surface area contributed by atoms with Gasteiger partial charge in [0.05, 0.1) is 11.3 Å². The van der Waals surface area contributed by atoms with Crippen molar-refractivity contribution < 1.29 is 9.59 Å². The first-order valence-electron chi connectivity index (χ1n) is 13.6. The Hall–Kier alpha value is -2.73. The fourth-order valence-electron chi connectivity index (χ4n) is 4.27. The Morgan fingerprint density at radius 1 is 0.750 bits per heavy atom. The van der Waals surface area contributed by atoms with Crippen molar-refractivity contribution in [3.63, 3.8) is 0 Å². The SMILES string of the molecule is CCCCCCCCCCCCCC(=O)NC(=S)Nc1ccccc1C(=O)N(CC)c1ccccc1. The molecule has 5 nitrogen and oxygen atoms in total. The van der Waals surface area contributed by atoms with Gasteiger partial charge >= 0.3 is 0 Å². The fraction of sp³-hybridized carbons (Fsp3) is 0.500. The number of unbranched alkanes of at least 4 members (excludes halogenated alkanes) is 10. The molecule has 36 heavy (non-hydrogen) atoms. The Bertz CT molecular complexity index is 933. The van der Waals surface area contributed by atoms with Gasteiger partial charge in [0.2, 0.25) is 5.91 Å². The van der Waals surface area contributed by atoms with Crippen LogP contribution in [0.5, 0.6) is 0 Å². The molecule has 6 heteroatoms. The lowest BCUT2D eigenvalue weighted by atomic mass is 10.1. The molecule has 2 rings (SSSR count). The molecule has 196 valence electrons. The molecule has 2 aromatic carbocycles. The van der Waals surface area contributed by atoms with Crippen LogP contribution in [0, 0.1) is 0 Å². The van der Waals surface area contributed by atoms with Gasteiger partial charge in [0.15, 0.2) is 5.11 Å². The number of hydrogen-bond donors (Lipinski definition) is 2. The minimum atomic E-state index is -0.123. The molecule has 0 saturated heterocycles. The maximum Gasteiger partial charge on any atom is 0.260 e. The number of hydrogen-bond acceptors (Lipinski definition) is 3. The first-order valence-corrected chi connectivity index (χ1v) is 14.0. The Kier molecular flexibility index (Phi) is 14.5. The predicted molar refractivity (Wildman–Crippen MR) is 156 cm³/mol. The van der Waals surface area contributed by atoms with E-state index in [-0.39, 0.29) is 16.9 Å². The standard InChI is InChI=1S/C30H43N3O2S/c1-3-5-6-7-8-9-10-11-12-13-17-24-28(34)32-30(36)31-27-23-19-18-22-26(27)29(35)33(4-2)25-20-15-14-16-21-25/h14-16,18-23H,3-13,17,24H2,1-2H3,(H2,31,32,34,36). The normalized spacial score (nSPS) is 10.6. The number of nitrogens with zero attached hydrogens (tertiary/aromatic N) is 1. The van der Waals surface area contributed by atoms with Crippen molar-refractivity contribution in [1.82, 2.24) is 5.32 Å². The Morgan fingerprint density at radius 3 is 1.92 bits per heavy atom. The summed E-state index contributed by atoms with van der Waals surface area (Å²) in [5.74, 6) is -0.214. The minimum absolute atomic E-state index is 0.0910. The topological polar surface area (TPSA) is 61.4 Å². The van der Waals surface area contributed by atoms with Gasteiger partial charge < -0.3 is 15.5 Å². The van der Waals surface area contributed by atoms with Crippen molar-refractivity contribution in [2.75, 3.05) is 16.8 Å². The average molecular weight is 510 g/mol. The first kappa shape index (κ1) is 29.5. The lowest BCUT2D eigenvalue weighted by Crippen LogP contribution is -2.35. The zero-order valence-corrected chi connectivity index (χ0v) is 22.9. The number of amides is 2. The summed E-state index contributed by atoms with van der Waals surface area (Å²) in [5.41, 5.74) is 1.92. The number of carbonyl (C=O) groups excluding carboxylic acids is 2. The smallest absolute Gasteiger partial charge is 0.260 e. The van der Waals surface area contributed by atoms with Gasteiger partial charge in [-0.1, -0.05) is 101 Å². The molecule has 0 radical (unpaired) electrons. The van der Waals surface area contributed by atoms with E-state index in [1.54, 1.807) is 17.0 Å². The molecule has 0 fully saturated rings. The Balaban J connectivity index is 1.73. The second-order valence-corrected chi connectivity index (χ2v) is 9.63. The van der Waals surface area contributed by atoms with Gasteiger partial charge in [-0.05, 0) is 49.8 Å². The van der Waals surface area contributed by atoms with Crippen LogP contribution in [0.1, 0.15) is 101 Å². The van der Waals surface area contributed by atoms with Crippen LogP contribution in [0.2, 0.25) is 0 Å². The van der Waals surface area contributed by atoms with Crippen LogP contribution in [0.4, 0.5) is 11.4 Å². The van der Waals surface area contributed by atoms with Gasteiger partial charge in [-0.15, -0.1) is 0 Å². The monoisotopic (exact) mass is 509 g/mol. The highest BCUT2D eigenvalue weighted by molar-refractivity contribution is 7.80. The zero-order chi connectivity index (χ0) is 26.0. The number of carbonyl (C=O) groups is 2. The van der Waals surface area contributed by atoms with Gasteiger partial charge in [-0.25, -0.2) is 0 Å². The number of benzene rings is 2. The Labute approximate surface area is 223 Å². The van der Waals surface area contributed by atoms with Crippen molar-refractivity contribution in [1.29, 1.82) is 0 Å². The third-order valence-corrected chi connectivity index (χ3v) is 6.50. The van der Waals surface area contributed by atoms with Gasteiger partial charge in [-0.2, -0.15) is 0 Å². The van der Waals surface area contributed by atoms with Crippen LogP contribution < -0.4 is 15.5 Å². The molecule has 0 spiro atoms. The van der Waals surface area contributed by atoms with E-state index in [9.17, 15) is 9.59 Å². The molecule has 0 bridgehead atoms. The van der Waals surface area contributed by atoms with E-state index in [0.717, 1.165) is 18.5 Å². The molecule has 0 aliphatic heterocycles. The number of para-hydroxylation sites is 2. The molecule has 0 saturated carbocycles. The summed E-state index contributed by atoms with van der Waals surface area (Å²) in [6.45, 7) is 4.73. The second-order valence-electron chi connectivity index (χ2n) is 9.22. The van der Waals surface area contributed by atoms with Crippen LogP contribution in [0.15, 0.2) is 54.6 Å². The molecule has 2 aromatic rings. The number of nitrogens with one attached hydrogen (secondary N) is 2. The van der Waals surface area contributed by atoms with Crippen molar-refractivity contribution in [3.05, 3.63) is 60.2 Å². The van der Waals surface area contributed by atoms with Crippen LogP contribution in [0.3, 0.4) is 0 Å². The van der Waals surface area contributed by atoms with E-state index in [1.807, 2.05) is 49.4 Å². The van der Waals surface area contributed by atoms with E-state index in [0.29, 0.717) is 24.2 Å². The van der Waals surface area contributed by atoms with Crippen molar-refractivity contribution >= 4 is 40.5 Å². The second kappa shape index (κ2) is 17.7. The molecule has 0 aliphatic rings. The average Bonchev–Trinajstić information content (AvgIpc) is 2.88. The summed E-state index contributed by atoms with van der Waals surface area (Å²) in [4.78, 5) is 27.3. The molecular weight excluding hydrogens is 466 g/mol. The van der Waals surface area contributed by atoms with Crippen LogP contribution in [0.25, 0.3) is 0 Å². The third-order valence-electron chi connectivity index (χ3n) is 6.30. The van der Waals surface area contributed by atoms with Gasteiger partial charge in [0.1, 0.15) is 0 Å². The molecule has 2 N–H and O–H groups in total. The summed E-state index contributed by atoms with van der Waals surface area (Å²) >= 11 is 5.37. The lowest BCUT2D eigenvalue weighted by Gasteiger charge is -2.23. The van der Waals surface area contributed by atoms with Gasteiger partial charge in [0.25, 0.3) is 5.91 Å². The van der Waals surface area contributed by atoms with Crippen molar-refractivity contribution in [3.8, 4) is 0 Å². The Morgan fingerprint density at radius 2 is 1.31 bits per heavy atom. The minimum Gasteiger partial charge on any atom is -0.332 e. The van der Waals surface area contributed by atoms with Gasteiger partial charge in [-0.3, -0.25) is 9.59 Å². The van der Waals surface area contributed by atoms with Crippen LogP contribution >= 0.6 is 12.2 Å². The maximum atomic E-state index is 13.3. The van der Waals surface area contributed by atoms with Crippen LogP contribution in [-0.4, -0.2) is 23.5 Å². The molecule has 0 unspecified atom stereocenters. The fourth-order valence-corrected chi connectivity index (χ4v) is 4.49. The van der Waals surface area contributed by atoms with E-state index in [2.05, 4.69) is 17.6 Å². The zero-order valence-electron chi connectivity index (χ0n) is 22.1. The predicted octanol–water partition coefficient (Wildman–Crippen LogP) is 7.87. The maximum absolute atomic E-state index is 13.3.